The summed E-state index contributed by atoms with van der Waals surface area (Å²) < 4.78 is 65.3. The van der Waals surface area contributed by atoms with E-state index < -0.39 is 99.1 Å². The van der Waals surface area contributed by atoms with Crippen molar-refractivity contribution in [3.05, 3.63) is 71.3 Å². The monoisotopic (exact) mass is 1440 g/mol. The van der Waals surface area contributed by atoms with E-state index in [-0.39, 0.29) is 234 Å². The molecule has 1 aliphatic carbocycles. The SMILES string of the molecule is CCCCCCCCCCCCCCCC(=O)C[C@@H](CO[P+]([O-])(OCCCN=C([O-])CCc1ccc(C(=O)c2ccccc2)cc1)OC1[C@H](O)[C@H](OP(=O)([O-])[O-])C(OP(=O)([O-])O)[C@H](OP(=O)([O-])[O-])[C@H]1O)C(=O)CCCCCCCCCCCCCCC.[Na+].[Na+].[Na+].[Na+].[Na+].[Na+]. The van der Waals surface area contributed by atoms with Crippen LogP contribution in [0.15, 0.2) is 59.6 Å². The second-order valence-electron chi connectivity index (χ2n) is 22.6. The molecule has 9 atom stereocenters. The summed E-state index contributed by atoms with van der Waals surface area (Å²) in [5.74, 6) is -2.79. The Kier molecular flexibility index (Phi) is 64.9. The van der Waals surface area contributed by atoms with Crippen LogP contribution in [0.4, 0.5) is 0 Å². The molecule has 0 amide bonds. The molecule has 93 heavy (non-hydrogen) atoms. The van der Waals surface area contributed by atoms with Crippen LogP contribution in [0.2, 0.25) is 0 Å². The Balaban J connectivity index is -0.00000660. The maximum absolute atomic E-state index is 14.9. The first-order valence-corrected chi connectivity index (χ1v) is 37.2. The molecule has 3 rings (SSSR count). The molecule has 3 N–H and O–H groups in total. The fraction of sp³-hybridized carbons (Fsp3) is 0.733. The average molecular weight is 1440 g/mol. The van der Waals surface area contributed by atoms with Crippen molar-refractivity contribution in [1.29, 1.82) is 0 Å². The number of benzene rings is 2. The normalized spacial score (nSPS) is 18.9. The second kappa shape index (κ2) is 58.7. The molecule has 1 aliphatic rings. The van der Waals surface area contributed by atoms with Crippen LogP contribution >= 0.6 is 31.6 Å². The van der Waals surface area contributed by atoms with Gasteiger partial charge in [-0.2, -0.15) is 13.6 Å². The van der Waals surface area contributed by atoms with Gasteiger partial charge in [0.05, 0.1) is 28.2 Å². The third kappa shape index (κ3) is 48.2. The van der Waals surface area contributed by atoms with E-state index in [1.54, 1.807) is 54.6 Å². The van der Waals surface area contributed by atoms with E-state index in [1.165, 1.54) is 83.5 Å². The number of rotatable bonds is 52. The Labute approximate surface area is 686 Å². The predicted molar refractivity (Wildman–Crippen MR) is 316 cm³/mol. The molecule has 1 fully saturated rings. The Morgan fingerprint density at radius 3 is 1.35 bits per heavy atom. The quantitative estimate of drug-likeness (QED) is 0.0138. The smallest absolute Gasteiger partial charge is 0.862 e. The third-order valence-corrected chi connectivity index (χ3v) is 18.1. The number of hydrogen-bond acceptors (Lipinski definition) is 22. The minimum absolute atomic E-state index is 0. The zero-order chi connectivity index (χ0) is 64.1. The van der Waals surface area contributed by atoms with Gasteiger partial charge in [-0.3, -0.25) is 18.9 Å². The van der Waals surface area contributed by atoms with Gasteiger partial charge < -0.3 is 77.3 Å². The van der Waals surface area contributed by atoms with E-state index in [9.17, 15) is 77.7 Å². The molecule has 4 unspecified atom stereocenters. The Morgan fingerprint density at radius 1 is 0.527 bits per heavy atom. The van der Waals surface area contributed by atoms with Crippen molar-refractivity contribution in [1.82, 2.24) is 0 Å². The first-order chi connectivity index (χ1) is 41.3. The summed E-state index contributed by atoms with van der Waals surface area (Å²) in [6, 6.07) is 15.4. The number of nitrogens with zero attached hydrogens (tertiary/aromatic N) is 1. The molecule has 0 heterocycles. The summed E-state index contributed by atoms with van der Waals surface area (Å²) in [4.78, 5) is 129. The van der Waals surface area contributed by atoms with Crippen LogP contribution in [-0.4, -0.2) is 94.7 Å². The standard InChI is InChI=1S/C60H101NO22P4.6Na/c1-3-5-7-9-11-13-15-17-19-21-23-25-30-35-51(62)45-50(52(63)36-31-26-24-22-20-18-16-14-12-10-8-6-4-2)46-79-87(77,78-44-32-43-61-53(64)42-39-47-37-40-49(41-38-47)54(65)48-33-28-27-29-34-48)83-57-55(66)58(80-84(68,69)70)60(82-86(74,75)76)59(56(57)67)81-85(71,72)73;;;;;;/h27-29,33-34,37-38,40-41,50,55-60,66-67H,3-26,30-32,35-36,39,42-46H2,1-2H3,(H,61,64)(H2,68,69,70)(H2,71,72,73)(H2,74,75,76);;;;;;/q;6*+1/p-6/t50-,55-,56-,57?,58-,59+,60?,87?;;;;;;/m0....../s1. The molecule has 33 heteroatoms. The Bertz CT molecular complexity index is 2400. The number of aliphatic hydroxyl groups is 2. The van der Waals surface area contributed by atoms with Crippen molar-refractivity contribution in [3.63, 3.8) is 0 Å². The van der Waals surface area contributed by atoms with Gasteiger partial charge >= 0.3 is 186 Å². The van der Waals surface area contributed by atoms with Gasteiger partial charge in [-0.05, 0) is 43.6 Å². The van der Waals surface area contributed by atoms with Crippen molar-refractivity contribution in [2.75, 3.05) is 19.8 Å². The van der Waals surface area contributed by atoms with Gasteiger partial charge in [0.1, 0.15) is 48.7 Å². The predicted octanol–water partition coefficient (Wildman–Crippen LogP) is -10.4. The first-order valence-electron chi connectivity index (χ1n) is 31.4. The van der Waals surface area contributed by atoms with Gasteiger partial charge in [0, 0.05) is 36.9 Å². The van der Waals surface area contributed by atoms with E-state index in [0.29, 0.717) is 30.4 Å². The van der Waals surface area contributed by atoms with E-state index in [2.05, 4.69) is 32.4 Å². The summed E-state index contributed by atoms with van der Waals surface area (Å²) in [5.41, 5.74) is 1.69. The van der Waals surface area contributed by atoms with Gasteiger partial charge in [-0.1, -0.05) is 223 Å². The van der Waals surface area contributed by atoms with Crippen LogP contribution in [0, 0.1) is 5.92 Å². The summed E-state index contributed by atoms with van der Waals surface area (Å²) in [7, 11) is -24.5. The number of carbonyl (C=O) groups is 3. The zero-order valence-electron chi connectivity index (χ0n) is 56.8. The van der Waals surface area contributed by atoms with Crippen LogP contribution < -0.4 is 212 Å². The van der Waals surface area contributed by atoms with Crippen LogP contribution in [0.1, 0.15) is 234 Å². The molecular weight excluding hydrogens is 1350 g/mol. The number of phosphoric acid groups is 4. The molecule has 498 valence electrons. The van der Waals surface area contributed by atoms with E-state index in [1.807, 2.05) is 0 Å². The maximum atomic E-state index is 14.9. The van der Waals surface area contributed by atoms with E-state index >= 15 is 0 Å². The average Bonchev–Trinajstić information content (AvgIpc) is 0.761. The molecule has 0 spiro atoms. The molecule has 0 aliphatic heterocycles. The minimum Gasteiger partial charge on any atom is -0.862 e. The molecule has 0 saturated heterocycles. The van der Waals surface area contributed by atoms with Crippen LogP contribution in [0.3, 0.4) is 0 Å². The van der Waals surface area contributed by atoms with Gasteiger partial charge in [-0.15, -0.1) is 0 Å². The van der Waals surface area contributed by atoms with Gasteiger partial charge in [0.15, 0.2) is 11.9 Å². The van der Waals surface area contributed by atoms with Gasteiger partial charge in [0.25, 0.3) is 7.82 Å². The summed E-state index contributed by atoms with van der Waals surface area (Å²) >= 11 is 0. The Morgan fingerprint density at radius 2 is 0.935 bits per heavy atom. The molecule has 0 radical (unpaired) electrons. The molecular formula is C60H95NNa6O22P4. The van der Waals surface area contributed by atoms with Crippen molar-refractivity contribution < 1.29 is 282 Å². The van der Waals surface area contributed by atoms with Crippen molar-refractivity contribution in [2.45, 2.75) is 256 Å². The van der Waals surface area contributed by atoms with Crippen molar-refractivity contribution in [2.24, 2.45) is 10.9 Å². The molecule has 23 nitrogen and oxygen atoms in total. The van der Waals surface area contributed by atoms with Crippen molar-refractivity contribution >= 4 is 54.9 Å². The van der Waals surface area contributed by atoms with Crippen LogP contribution in [0.5, 0.6) is 0 Å². The summed E-state index contributed by atoms with van der Waals surface area (Å²) in [6.07, 6.45) is 9.81. The molecule has 0 aromatic heterocycles. The third-order valence-electron chi connectivity index (χ3n) is 15.2. The fourth-order valence-electron chi connectivity index (χ4n) is 10.4. The number of carbonyl (C=O) groups excluding carboxylic acids is 3. The number of phosphoric ester groups is 4. The number of Topliss-reactive ketones (excluding diaryl/α,β-unsaturated/α-hetero) is 2. The largest absolute Gasteiger partial charge is 1.00 e. The van der Waals surface area contributed by atoms with E-state index in [4.69, 9.17) is 13.6 Å². The minimum atomic E-state index is -6.41. The van der Waals surface area contributed by atoms with Crippen LogP contribution in [-0.2, 0) is 56.8 Å². The van der Waals surface area contributed by atoms with E-state index in [0.717, 1.165) is 69.8 Å². The first kappa shape index (κ1) is 103. The van der Waals surface area contributed by atoms with Gasteiger partial charge in [0.2, 0.25) is 0 Å². The summed E-state index contributed by atoms with van der Waals surface area (Å²) in [5, 5.41) is 35.7. The number of aryl methyl sites for hydroxylation is 1. The Hall–Kier alpha value is 3.44. The number of aliphatic imine (C=N–C) groups is 1. The molecule has 2 aromatic rings. The maximum Gasteiger partial charge on any atom is 1.00 e. The second-order valence-corrected chi connectivity index (χ2v) is 27.6. The molecule has 2 aromatic carbocycles. The topological polar surface area (TPSA) is 392 Å². The molecule has 0 bridgehead atoms. The zero-order valence-corrected chi connectivity index (χ0v) is 72.4. The molecule has 1 saturated carbocycles. The summed E-state index contributed by atoms with van der Waals surface area (Å²) in [6.45, 7) is 2.56. The van der Waals surface area contributed by atoms with Crippen molar-refractivity contribution in [3.8, 4) is 0 Å². The van der Waals surface area contributed by atoms with Crippen LogP contribution in [0.25, 0.3) is 0 Å². The fourth-order valence-corrected chi connectivity index (χ4v) is 13.5. The number of hydrogen-bond donors (Lipinski definition) is 3. The number of ketones is 3. The van der Waals surface area contributed by atoms with Gasteiger partial charge in [-0.25, -0.2) is 0 Å². The number of aliphatic hydroxyl groups excluding tert-OH is 2. The number of unbranched alkanes of at least 4 members (excludes halogenated alkanes) is 24.